The second-order valence-corrected chi connectivity index (χ2v) is 5.11. The Morgan fingerprint density at radius 3 is 2.38 bits per heavy atom. The average Bonchev–Trinajstić information content (AvgIpc) is 2.45. The number of aromatic amines is 1. The van der Waals surface area contributed by atoms with Crippen LogP contribution in [-0.2, 0) is 0 Å². The zero-order valence-corrected chi connectivity index (χ0v) is 12.5. The van der Waals surface area contributed by atoms with E-state index in [1.54, 1.807) is 12.1 Å². The van der Waals surface area contributed by atoms with Crippen molar-refractivity contribution in [2.24, 2.45) is 0 Å². The zero-order chi connectivity index (χ0) is 15.6. The molecule has 112 valence electrons. The summed E-state index contributed by atoms with van der Waals surface area (Å²) in [5, 5.41) is 10.5. The van der Waals surface area contributed by atoms with Crippen molar-refractivity contribution in [1.82, 2.24) is 9.55 Å². The summed E-state index contributed by atoms with van der Waals surface area (Å²) in [5.74, 6) is -0.258. The Morgan fingerprint density at radius 2 is 1.81 bits per heavy atom. The molecule has 5 nitrogen and oxygen atoms in total. The molecule has 2 N–H and O–H groups in total. The van der Waals surface area contributed by atoms with Gasteiger partial charge in [0, 0.05) is 6.04 Å². The van der Waals surface area contributed by atoms with E-state index in [9.17, 15) is 14.7 Å². The summed E-state index contributed by atoms with van der Waals surface area (Å²) in [6.45, 7) is 5.75. The van der Waals surface area contributed by atoms with E-state index in [4.69, 9.17) is 0 Å². The highest BCUT2D eigenvalue weighted by molar-refractivity contribution is 5.70. The van der Waals surface area contributed by atoms with E-state index in [2.05, 4.69) is 4.98 Å². The van der Waals surface area contributed by atoms with Gasteiger partial charge >= 0.3 is 5.69 Å². The molecule has 0 radical (unpaired) electrons. The van der Waals surface area contributed by atoms with Gasteiger partial charge in [-0.2, -0.15) is 0 Å². The SMILES string of the molecule is CCC(CC)n1c(O)c(-c2ccccc2C)c(=O)[nH]c1=O. The highest BCUT2D eigenvalue weighted by Gasteiger charge is 2.20. The molecule has 0 saturated heterocycles. The third-order valence-electron chi connectivity index (χ3n) is 3.84. The maximum absolute atomic E-state index is 12.1. The first-order chi connectivity index (χ1) is 10.0. The lowest BCUT2D eigenvalue weighted by Gasteiger charge is -2.19. The maximum atomic E-state index is 12.1. The fourth-order valence-electron chi connectivity index (χ4n) is 2.63. The number of nitrogens with zero attached hydrogens (tertiary/aromatic N) is 1. The van der Waals surface area contributed by atoms with Crippen LogP contribution in [0.15, 0.2) is 33.9 Å². The molecule has 1 aromatic carbocycles. The van der Waals surface area contributed by atoms with Crippen LogP contribution in [-0.4, -0.2) is 14.7 Å². The van der Waals surface area contributed by atoms with Crippen molar-refractivity contribution in [1.29, 1.82) is 0 Å². The highest BCUT2D eigenvalue weighted by atomic mass is 16.3. The maximum Gasteiger partial charge on any atom is 0.331 e. The van der Waals surface area contributed by atoms with Gasteiger partial charge in [0.05, 0.1) is 0 Å². The van der Waals surface area contributed by atoms with E-state index < -0.39 is 11.2 Å². The van der Waals surface area contributed by atoms with Crippen molar-refractivity contribution in [3.05, 3.63) is 50.7 Å². The Kier molecular flexibility index (Phi) is 4.31. The van der Waals surface area contributed by atoms with Crippen LogP contribution in [0, 0.1) is 6.92 Å². The molecule has 0 atom stereocenters. The predicted octanol–water partition coefficient (Wildman–Crippen LogP) is 2.58. The molecule has 1 aromatic heterocycles. The largest absolute Gasteiger partial charge is 0.494 e. The molecule has 0 spiro atoms. The monoisotopic (exact) mass is 288 g/mol. The fraction of sp³-hybridized carbons (Fsp3) is 0.375. The van der Waals surface area contributed by atoms with E-state index in [0.29, 0.717) is 18.4 Å². The molecule has 2 aromatic rings. The minimum Gasteiger partial charge on any atom is -0.494 e. The molecular formula is C16H20N2O3. The molecule has 21 heavy (non-hydrogen) atoms. The van der Waals surface area contributed by atoms with Crippen molar-refractivity contribution < 1.29 is 5.11 Å². The molecule has 0 aliphatic carbocycles. The first-order valence-electron chi connectivity index (χ1n) is 7.15. The first-order valence-corrected chi connectivity index (χ1v) is 7.15. The summed E-state index contributed by atoms with van der Waals surface area (Å²) in [7, 11) is 0. The Bertz CT molecular complexity index is 755. The molecule has 1 heterocycles. The molecule has 5 heteroatoms. The van der Waals surface area contributed by atoms with Crippen molar-refractivity contribution in [3.63, 3.8) is 0 Å². The molecule has 0 unspecified atom stereocenters. The summed E-state index contributed by atoms with van der Waals surface area (Å²) in [6.07, 6.45) is 1.40. The van der Waals surface area contributed by atoms with Gasteiger partial charge in [-0.05, 0) is 30.9 Å². The van der Waals surface area contributed by atoms with Gasteiger partial charge in [0.1, 0.15) is 5.56 Å². The fourth-order valence-corrected chi connectivity index (χ4v) is 2.63. The number of aryl methyl sites for hydroxylation is 1. The zero-order valence-electron chi connectivity index (χ0n) is 12.5. The van der Waals surface area contributed by atoms with Crippen LogP contribution >= 0.6 is 0 Å². The lowest BCUT2D eigenvalue weighted by atomic mass is 10.0. The van der Waals surface area contributed by atoms with Crippen LogP contribution in [0.1, 0.15) is 38.3 Å². The van der Waals surface area contributed by atoms with Crippen LogP contribution < -0.4 is 11.2 Å². The van der Waals surface area contributed by atoms with Crippen molar-refractivity contribution in [2.45, 2.75) is 39.7 Å². The number of rotatable bonds is 4. The highest BCUT2D eigenvalue weighted by Crippen LogP contribution is 2.29. The Hall–Kier alpha value is -2.30. The Balaban J connectivity index is 2.80. The summed E-state index contributed by atoms with van der Waals surface area (Å²) in [5.41, 5.74) is 0.529. The minimum atomic E-state index is -0.566. The van der Waals surface area contributed by atoms with Crippen molar-refractivity contribution in [3.8, 4) is 17.0 Å². The number of benzene rings is 1. The van der Waals surface area contributed by atoms with Gasteiger partial charge in [0.2, 0.25) is 5.88 Å². The van der Waals surface area contributed by atoms with Crippen LogP contribution in [0.5, 0.6) is 5.88 Å². The van der Waals surface area contributed by atoms with E-state index in [0.717, 1.165) is 5.56 Å². The lowest BCUT2D eigenvalue weighted by molar-refractivity contribution is 0.351. The van der Waals surface area contributed by atoms with Crippen LogP contribution in [0.3, 0.4) is 0 Å². The van der Waals surface area contributed by atoms with E-state index >= 15 is 0 Å². The lowest BCUT2D eigenvalue weighted by Crippen LogP contribution is -2.33. The second kappa shape index (κ2) is 5.99. The number of aromatic nitrogens is 2. The third kappa shape index (κ3) is 2.63. The number of hydrogen-bond donors (Lipinski definition) is 2. The van der Waals surface area contributed by atoms with Crippen LogP contribution in [0.25, 0.3) is 11.1 Å². The predicted molar refractivity (Wildman–Crippen MR) is 82.8 cm³/mol. The van der Waals surface area contributed by atoms with E-state index in [1.807, 2.05) is 32.9 Å². The standard InChI is InChI=1S/C16H20N2O3/c1-4-11(5-2)18-15(20)13(14(19)17-16(18)21)12-9-7-6-8-10(12)3/h6-9,11,20H,4-5H2,1-3H3,(H,17,19,21). The van der Waals surface area contributed by atoms with Gasteiger partial charge in [-0.3, -0.25) is 14.3 Å². The normalized spacial score (nSPS) is 11.0. The summed E-state index contributed by atoms with van der Waals surface area (Å²) in [4.78, 5) is 26.5. The van der Waals surface area contributed by atoms with E-state index in [-0.39, 0.29) is 17.5 Å². The van der Waals surface area contributed by atoms with E-state index in [1.165, 1.54) is 4.57 Å². The molecule has 0 aliphatic heterocycles. The van der Waals surface area contributed by atoms with Crippen molar-refractivity contribution in [2.75, 3.05) is 0 Å². The molecule has 0 amide bonds. The quantitative estimate of drug-likeness (QED) is 0.908. The molecule has 2 rings (SSSR count). The van der Waals surface area contributed by atoms with Gasteiger partial charge in [0.15, 0.2) is 0 Å². The number of hydrogen-bond acceptors (Lipinski definition) is 3. The van der Waals surface area contributed by atoms with Crippen LogP contribution in [0.4, 0.5) is 0 Å². The second-order valence-electron chi connectivity index (χ2n) is 5.11. The molecular weight excluding hydrogens is 268 g/mol. The number of nitrogens with one attached hydrogen (secondary N) is 1. The number of aromatic hydroxyl groups is 1. The minimum absolute atomic E-state index is 0.142. The van der Waals surface area contributed by atoms with Crippen molar-refractivity contribution >= 4 is 0 Å². The van der Waals surface area contributed by atoms with Gasteiger partial charge < -0.3 is 5.11 Å². The molecule has 0 aliphatic rings. The summed E-state index contributed by atoms with van der Waals surface area (Å²) < 4.78 is 1.28. The van der Waals surface area contributed by atoms with Gasteiger partial charge in [0.25, 0.3) is 5.56 Å². The molecule has 0 fully saturated rings. The van der Waals surface area contributed by atoms with Crippen LogP contribution in [0.2, 0.25) is 0 Å². The third-order valence-corrected chi connectivity index (χ3v) is 3.84. The number of H-pyrrole nitrogens is 1. The smallest absolute Gasteiger partial charge is 0.331 e. The van der Waals surface area contributed by atoms with Gasteiger partial charge in [-0.1, -0.05) is 38.1 Å². The summed E-state index contributed by atoms with van der Waals surface area (Å²) in [6, 6.07) is 7.15. The Morgan fingerprint density at radius 1 is 1.19 bits per heavy atom. The first kappa shape index (κ1) is 15.1. The van der Waals surface area contributed by atoms with Gasteiger partial charge in [-0.25, -0.2) is 4.79 Å². The summed E-state index contributed by atoms with van der Waals surface area (Å²) >= 11 is 0. The molecule has 0 bridgehead atoms. The molecule has 0 saturated carbocycles. The topological polar surface area (TPSA) is 75.1 Å². The average molecular weight is 288 g/mol. The van der Waals surface area contributed by atoms with Gasteiger partial charge in [-0.15, -0.1) is 0 Å². The Labute approximate surface area is 122 Å².